The third-order valence-electron chi connectivity index (χ3n) is 3.93. The van der Waals surface area contributed by atoms with Gasteiger partial charge in [-0.15, -0.1) is 11.3 Å². The molecule has 2 heteroatoms. The Hall–Kier alpha value is -0.340. The average molecular weight is 223 g/mol. The van der Waals surface area contributed by atoms with Gasteiger partial charge in [-0.25, -0.2) is 0 Å². The summed E-state index contributed by atoms with van der Waals surface area (Å²) in [5, 5.41) is 5.81. The number of hydrogen-bond acceptors (Lipinski definition) is 2. The number of thiophene rings is 1. The van der Waals surface area contributed by atoms with Crippen molar-refractivity contribution in [3.05, 3.63) is 22.4 Å². The lowest BCUT2D eigenvalue weighted by Gasteiger charge is -2.57. The molecule has 3 unspecified atom stereocenters. The molecule has 0 aromatic carbocycles. The first-order chi connectivity index (χ1) is 7.09. The highest BCUT2D eigenvalue weighted by Gasteiger charge is 2.54. The van der Waals surface area contributed by atoms with Crippen molar-refractivity contribution < 1.29 is 0 Å². The molecule has 1 aliphatic carbocycles. The molecule has 1 nitrogen and oxygen atoms in total. The Balaban J connectivity index is 2.17. The topological polar surface area (TPSA) is 12.0 Å². The van der Waals surface area contributed by atoms with E-state index in [0.717, 1.165) is 18.4 Å². The monoisotopic (exact) mass is 223 g/mol. The van der Waals surface area contributed by atoms with Crippen molar-refractivity contribution in [1.29, 1.82) is 0 Å². The van der Waals surface area contributed by atoms with Gasteiger partial charge in [-0.05, 0) is 29.3 Å². The van der Waals surface area contributed by atoms with E-state index < -0.39 is 0 Å². The second-order valence-electron chi connectivity index (χ2n) is 5.21. The van der Waals surface area contributed by atoms with Gasteiger partial charge in [-0.3, -0.25) is 0 Å². The van der Waals surface area contributed by atoms with Crippen molar-refractivity contribution in [2.45, 2.75) is 39.7 Å². The van der Waals surface area contributed by atoms with Gasteiger partial charge in [-0.1, -0.05) is 33.8 Å². The van der Waals surface area contributed by atoms with Gasteiger partial charge in [0.25, 0.3) is 0 Å². The van der Waals surface area contributed by atoms with Crippen LogP contribution >= 0.6 is 11.3 Å². The molecule has 1 aromatic rings. The van der Waals surface area contributed by atoms with E-state index in [1.807, 2.05) is 11.3 Å². The van der Waals surface area contributed by atoms with Crippen LogP contribution in [0.1, 0.15) is 38.5 Å². The van der Waals surface area contributed by atoms with Crippen molar-refractivity contribution in [1.82, 2.24) is 5.32 Å². The highest BCUT2D eigenvalue weighted by Crippen LogP contribution is 2.57. The molecule has 3 atom stereocenters. The zero-order valence-corrected chi connectivity index (χ0v) is 10.9. The summed E-state index contributed by atoms with van der Waals surface area (Å²) in [6, 6.07) is 5.13. The van der Waals surface area contributed by atoms with E-state index in [1.54, 1.807) is 4.88 Å². The molecule has 15 heavy (non-hydrogen) atoms. The van der Waals surface area contributed by atoms with Crippen LogP contribution in [0.3, 0.4) is 0 Å². The maximum absolute atomic E-state index is 3.62. The zero-order chi connectivity index (χ0) is 11.1. The first kappa shape index (κ1) is 11.2. The van der Waals surface area contributed by atoms with Gasteiger partial charge < -0.3 is 5.32 Å². The van der Waals surface area contributed by atoms with E-state index in [-0.39, 0.29) is 0 Å². The molecule has 84 valence electrons. The van der Waals surface area contributed by atoms with E-state index in [0.29, 0.717) is 11.5 Å². The standard InChI is InChI=1S/C13H21NS/c1-5-14-12-9(2)11(13(12,3)4)10-7-6-8-15-10/h6-9,11-12,14H,5H2,1-4H3. The molecule has 1 saturated carbocycles. The Morgan fingerprint density at radius 3 is 2.67 bits per heavy atom. The van der Waals surface area contributed by atoms with Gasteiger partial charge in [0.15, 0.2) is 0 Å². The third-order valence-corrected chi connectivity index (χ3v) is 4.88. The summed E-state index contributed by atoms with van der Waals surface area (Å²) in [7, 11) is 0. The van der Waals surface area contributed by atoms with Gasteiger partial charge in [0.1, 0.15) is 0 Å². The lowest BCUT2D eigenvalue weighted by atomic mass is 9.52. The fraction of sp³-hybridized carbons (Fsp3) is 0.692. The summed E-state index contributed by atoms with van der Waals surface area (Å²) in [4.78, 5) is 1.56. The molecule has 0 radical (unpaired) electrons. The quantitative estimate of drug-likeness (QED) is 0.827. The minimum absolute atomic E-state index is 0.403. The molecule has 1 fully saturated rings. The normalized spacial score (nSPS) is 33.7. The third kappa shape index (κ3) is 1.64. The van der Waals surface area contributed by atoms with Crippen LogP contribution in [-0.2, 0) is 0 Å². The Morgan fingerprint density at radius 1 is 1.47 bits per heavy atom. The fourth-order valence-electron chi connectivity index (χ4n) is 3.39. The largest absolute Gasteiger partial charge is 0.313 e. The minimum atomic E-state index is 0.403. The van der Waals surface area contributed by atoms with Crippen molar-refractivity contribution in [3.63, 3.8) is 0 Å². The van der Waals surface area contributed by atoms with Crippen molar-refractivity contribution in [3.8, 4) is 0 Å². The van der Waals surface area contributed by atoms with Crippen molar-refractivity contribution in [2.75, 3.05) is 6.54 Å². The second kappa shape index (κ2) is 3.91. The first-order valence-electron chi connectivity index (χ1n) is 5.85. The Labute approximate surface area is 96.9 Å². The molecular formula is C13H21NS. The van der Waals surface area contributed by atoms with E-state index in [4.69, 9.17) is 0 Å². The van der Waals surface area contributed by atoms with Crippen LogP contribution in [0.2, 0.25) is 0 Å². The van der Waals surface area contributed by atoms with Crippen LogP contribution in [0.15, 0.2) is 17.5 Å². The number of rotatable bonds is 3. The summed E-state index contributed by atoms with van der Waals surface area (Å²) in [6.07, 6.45) is 0. The zero-order valence-electron chi connectivity index (χ0n) is 10.1. The SMILES string of the molecule is CCNC1C(C)C(c2cccs2)C1(C)C. The lowest BCUT2D eigenvalue weighted by molar-refractivity contribution is 0.00341. The molecular weight excluding hydrogens is 202 g/mol. The molecule has 0 saturated heterocycles. The van der Waals surface area contributed by atoms with Gasteiger partial charge in [-0.2, -0.15) is 0 Å². The second-order valence-corrected chi connectivity index (χ2v) is 6.19. The summed E-state index contributed by atoms with van der Waals surface area (Å²) < 4.78 is 0. The highest BCUT2D eigenvalue weighted by molar-refractivity contribution is 7.10. The summed E-state index contributed by atoms with van der Waals surface area (Å²) in [5.41, 5.74) is 0.403. The van der Waals surface area contributed by atoms with Gasteiger partial charge in [0.05, 0.1) is 0 Å². The predicted octanol–water partition coefficient (Wildman–Crippen LogP) is 3.49. The lowest BCUT2D eigenvalue weighted by Crippen LogP contribution is -2.61. The molecule has 0 aliphatic heterocycles. The van der Waals surface area contributed by atoms with Gasteiger partial charge >= 0.3 is 0 Å². The molecule has 1 heterocycles. The molecule has 0 amide bonds. The Bertz CT molecular complexity index is 315. The molecule has 2 rings (SSSR count). The number of hydrogen-bond donors (Lipinski definition) is 1. The van der Waals surface area contributed by atoms with Crippen LogP contribution in [-0.4, -0.2) is 12.6 Å². The summed E-state index contributed by atoms with van der Waals surface area (Å²) in [5.74, 6) is 1.50. The average Bonchev–Trinajstić information content (AvgIpc) is 2.66. The molecule has 1 aliphatic rings. The van der Waals surface area contributed by atoms with Crippen LogP contribution < -0.4 is 5.32 Å². The predicted molar refractivity (Wildman–Crippen MR) is 67.5 cm³/mol. The molecule has 0 spiro atoms. The van der Waals surface area contributed by atoms with Crippen LogP contribution in [0.25, 0.3) is 0 Å². The Kier molecular flexibility index (Phi) is 2.91. The number of nitrogens with one attached hydrogen (secondary N) is 1. The summed E-state index contributed by atoms with van der Waals surface area (Å²) >= 11 is 1.91. The van der Waals surface area contributed by atoms with Crippen molar-refractivity contribution in [2.24, 2.45) is 11.3 Å². The summed E-state index contributed by atoms with van der Waals surface area (Å²) in [6.45, 7) is 10.4. The highest BCUT2D eigenvalue weighted by atomic mass is 32.1. The van der Waals surface area contributed by atoms with E-state index in [2.05, 4.69) is 50.5 Å². The van der Waals surface area contributed by atoms with E-state index >= 15 is 0 Å². The van der Waals surface area contributed by atoms with Crippen LogP contribution in [0, 0.1) is 11.3 Å². The van der Waals surface area contributed by atoms with Crippen LogP contribution in [0.5, 0.6) is 0 Å². The Morgan fingerprint density at radius 2 is 2.20 bits per heavy atom. The first-order valence-corrected chi connectivity index (χ1v) is 6.73. The van der Waals surface area contributed by atoms with Gasteiger partial charge in [0, 0.05) is 16.8 Å². The smallest absolute Gasteiger partial charge is 0.0156 e. The van der Waals surface area contributed by atoms with E-state index in [1.165, 1.54) is 0 Å². The van der Waals surface area contributed by atoms with Gasteiger partial charge in [0.2, 0.25) is 0 Å². The maximum Gasteiger partial charge on any atom is 0.0156 e. The molecule has 1 N–H and O–H groups in total. The van der Waals surface area contributed by atoms with E-state index in [9.17, 15) is 0 Å². The maximum atomic E-state index is 3.62. The minimum Gasteiger partial charge on any atom is -0.313 e. The van der Waals surface area contributed by atoms with Crippen molar-refractivity contribution >= 4 is 11.3 Å². The molecule has 0 bridgehead atoms. The molecule has 1 aromatic heterocycles. The fourth-order valence-corrected chi connectivity index (χ4v) is 4.52. The van der Waals surface area contributed by atoms with Crippen LogP contribution in [0.4, 0.5) is 0 Å².